The summed E-state index contributed by atoms with van der Waals surface area (Å²) >= 11 is 4.04. The molecule has 0 amide bonds. The van der Waals surface area contributed by atoms with E-state index < -0.39 is 4.92 Å². The first-order valence-electron chi connectivity index (χ1n) is 6.73. The van der Waals surface area contributed by atoms with Crippen molar-refractivity contribution in [3.63, 3.8) is 0 Å². The molecular formula is C13H6N6O2S3. The highest BCUT2D eigenvalue weighted by Gasteiger charge is 2.26. The van der Waals surface area contributed by atoms with Crippen LogP contribution in [0.4, 0.5) is 5.82 Å². The van der Waals surface area contributed by atoms with Gasteiger partial charge in [0.1, 0.15) is 6.20 Å². The number of aromatic nitrogens is 5. The lowest BCUT2D eigenvalue weighted by Crippen LogP contribution is -1.94. The minimum Gasteiger partial charge on any atom is -0.358 e. The van der Waals surface area contributed by atoms with Crippen molar-refractivity contribution in [3.05, 3.63) is 46.0 Å². The first-order chi connectivity index (χ1) is 11.7. The fraction of sp³-hybridized carbons (Fsp3) is 0. The summed E-state index contributed by atoms with van der Waals surface area (Å²) in [5.74, 6) is -0.0486. The number of thiazole rings is 2. The lowest BCUT2D eigenvalue weighted by Gasteiger charge is -1.97. The van der Waals surface area contributed by atoms with Crippen molar-refractivity contribution in [3.8, 4) is 0 Å². The van der Waals surface area contributed by atoms with E-state index >= 15 is 0 Å². The molecule has 0 aliphatic carbocycles. The lowest BCUT2D eigenvalue weighted by atomic mass is 10.3. The van der Waals surface area contributed by atoms with E-state index in [1.54, 1.807) is 11.6 Å². The molecule has 0 fully saturated rings. The second-order valence-electron chi connectivity index (χ2n) is 4.83. The van der Waals surface area contributed by atoms with Gasteiger partial charge in [-0.2, -0.15) is 9.38 Å². The van der Waals surface area contributed by atoms with Gasteiger partial charge in [0.15, 0.2) is 0 Å². The third-order valence-corrected chi connectivity index (χ3v) is 6.16. The van der Waals surface area contributed by atoms with Crippen LogP contribution in [0.1, 0.15) is 0 Å². The van der Waals surface area contributed by atoms with Crippen LogP contribution < -0.4 is 0 Å². The van der Waals surface area contributed by atoms with E-state index in [9.17, 15) is 10.1 Å². The average Bonchev–Trinajstić information content (AvgIpc) is 3.27. The number of hydrogen-bond acceptors (Lipinski definition) is 8. The molecule has 0 N–H and O–H groups in total. The largest absolute Gasteiger partial charge is 0.363 e. The molecular weight excluding hydrogens is 368 g/mol. The van der Waals surface area contributed by atoms with Crippen LogP contribution in [-0.4, -0.2) is 28.9 Å². The number of para-hydroxylation sites is 1. The van der Waals surface area contributed by atoms with Crippen molar-refractivity contribution in [1.29, 1.82) is 0 Å². The second-order valence-corrected chi connectivity index (χ2v) is 7.66. The van der Waals surface area contributed by atoms with Crippen LogP contribution in [0.15, 0.2) is 46.0 Å². The Morgan fingerprint density at radius 1 is 1.21 bits per heavy atom. The van der Waals surface area contributed by atoms with Crippen molar-refractivity contribution in [1.82, 2.24) is 24.0 Å². The highest BCUT2D eigenvalue weighted by molar-refractivity contribution is 7.99. The molecule has 1 aromatic carbocycles. The highest BCUT2D eigenvalue weighted by atomic mass is 32.2. The molecule has 0 saturated heterocycles. The molecule has 5 rings (SSSR count). The Hall–Kier alpha value is -2.50. The molecule has 0 aliphatic rings. The molecule has 4 heterocycles. The van der Waals surface area contributed by atoms with Gasteiger partial charge in [-0.25, -0.2) is 0 Å². The molecule has 0 atom stereocenters. The van der Waals surface area contributed by atoms with E-state index in [0.29, 0.717) is 15.1 Å². The predicted molar refractivity (Wildman–Crippen MR) is 92.2 cm³/mol. The van der Waals surface area contributed by atoms with E-state index in [1.807, 2.05) is 28.7 Å². The zero-order valence-electron chi connectivity index (χ0n) is 11.7. The van der Waals surface area contributed by atoms with Gasteiger partial charge in [0.2, 0.25) is 15.1 Å². The van der Waals surface area contributed by atoms with Gasteiger partial charge >= 0.3 is 5.82 Å². The fourth-order valence-corrected chi connectivity index (χ4v) is 5.21. The summed E-state index contributed by atoms with van der Waals surface area (Å²) in [6.45, 7) is 0. The summed E-state index contributed by atoms with van der Waals surface area (Å²) < 4.78 is 4.48. The maximum atomic E-state index is 11.4. The molecule has 24 heavy (non-hydrogen) atoms. The van der Waals surface area contributed by atoms with E-state index in [2.05, 4.69) is 15.2 Å². The van der Waals surface area contributed by atoms with Gasteiger partial charge in [0, 0.05) is 5.38 Å². The Balaban J connectivity index is 1.71. The van der Waals surface area contributed by atoms with Crippen molar-refractivity contribution >= 4 is 60.4 Å². The van der Waals surface area contributed by atoms with Crippen molar-refractivity contribution in [2.75, 3.05) is 0 Å². The first-order valence-corrected chi connectivity index (χ1v) is 9.24. The van der Waals surface area contributed by atoms with Gasteiger partial charge in [0.25, 0.3) is 4.96 Å². The van der Waals surface area contributed by atoms with Crippen LogP contribution in [0.2, 0.25) is 0 Å². The van der Waals surface area contributed by atoms with Gasteiger partial charge < -0.3 is 10.1 Å². The van der Waals surface area contributed by atoms with Crippen LogP contribution in [0.3, 0.4) is 0 Å². The number of hydrogen-bond donors (Lipinski definition) is 0. The summed E-state index contributed by atoms with van der Waals surface area (Å²) in [6, 6.07) is 7.90. The monoisotopic (exact) mass is 374 g/mol. The van der Waals surface area contributed by atoms with Crippen LogP contribution in [0, 0.1) is 10.1 Å². The number of rotatable bonds is 3. The SMILES string of the molecule is O=[N+]([O-])c1c(Sc2nnc3sc4ccccc4n23)nc2sccn12. The lowest BCUT2D eigenvalue weighted by molar-refractivity contribution is -0.393. The Morgan fingerprint density at radius 3 is 2.96 bits per heavy atom. The maximum Gasteiger partial charge on any atom is 0.363 e. The van der Waals surface area contributed by atoms with Crippen molar-refractivity contribution < 1.29 is 4.92 Å². The predicted octanol–water partition coefficient (Wildman–Crippen LogP) is 3.71. The molecule has 0 aliphatic heterocycles. The van der Waals surface area contributed by atoms with E-state index in [0.717, 1.165) is 26.9 Å². The summed E-state index contributed by atoms with van der Waals surface area (Å²) in [5, 5.41) is 22.4. The number of imidazole rings is 1. The first kappa shape index (κ1) is 13.9. The third-order valence-electron chi connectivity index (χ3n) is 3.48. The van der Waals surface area contributed by atoms with Crippen LogP contribution >= 0.6 is 34.4 Å². The van der Waals surface area contributed by atoms with E-state index in [-0.39, 0.29) is 5.82 Å². The van der Waals surface area contributed by atoms with Gasteiger partial charge in [-0.3, -0.25) is 4.40 Å². The van der Waals surface area contributed by atoms with Gasteiger partial charge in [0.05, 0.1) is 10.2 Å². The molecule has 8 nitrogen and oxygen atoms in total. The average molecular weight is 374 g/mol. The molecule has 5 aromatic rings. The molecule has 11 heteroatoms. The summed E-state index contributed by atoms with van der Waals surface area (Å²) in [7, 11) is 0. The molecule has 0 saturated carbocycles. The smallest absolute Gasteiger partial charge is 0.358 e. The Bertz CT molecular complexity index is 1230. The summed E-state index contributed by atoms with van der Waals surface area (Å²) in [6.07, 6.45) is 1.65. The topological polar surface area (TPSA) is 90.6 Å². The maximum absolute atomic E-state index is 11.4. The van der Waals surface area contributed by atoms with E-state index in [4.69, 9.17) is 0 Å². The highest BCUT2D eigenvalue weighted by Crippen LogP contribution is 2.37. The zero-order chi connectivity index (χ0) is 16.3. The number of fused-ring (bicyclic) bond motifs is 4. The number of nitro groups is 1. The quantitative estimate of drug-likeness (QED) is 0.353. The number of benzene rings is 1. The number of nitrogens with zero attached hydrogens (tertiary/aromatic N) is 6. The molecule has 0 unspecified atom stereocenters. The van der Waals surface area contributed by atoms with Crippen molar-refractivity contribution in [2.24, 2.45) is 0 Å². The molecule has 0 bridgehead atoms. The van der Waals surface area contributed by atoms with E-state index in [1.165, 1.54) is 27.1 Å². The van der Waals surface area contributed by atoms with Crippen LogP contribution in [-0.2, 0) is 0 Å². The van der Waals surface area contributed by atoms with Gasteiger partial charge in [-0.1, -0.05) is 34.8 Å². The second kappa shape index (κ2) is 5.00. The Kier molecular flexibility index (Phi) is 2.89. The zero-order valence-corrected chi connectivity index (χ0v) is 14.1. The molecule has 0 spiro atoms. The summed E-state index contributed by atoms with van der Waals surface area (Å²) in [4.78, 5) is 16.7. The van der Waals surface area contributed by atoms with Crippen molar-refractivity contribution in [2.45, 2.75) is 10.2 Å². The third kappa shape index (κ3) is 1.89. The van der Waals surface area contributed by atoms with Gasteiger partial charge in [-0.15, -0.1) is 10.2 Å². The minimum atomic E-state index is -0.418. The normalized spacial score (nSPS) is 11.8. The molecule has 4 aromatic heterocycles. The molecule has 0 radical (unpaired) electrons. The minimum absolute atomic E-state index is 0.0486. The Labute approximate surface area is 145 Å². The summed E-state index contributed by atoms with van der Waals surface area (Å²) in [5.41, 5.74) is 0.980. The fourth-order valence-electron chi connectivity index (χ4n) is 2.50. The van der Waals surface area contributed by atoms with Gasteiger partial charge in [-0.05, 0) is 28.8 Å². The standard InChI is InChI=1S/C13H6N6O2S3/c20-19(21)10-9(14-11-17(10)5-6-22-11)24-13-16-15-12-18(13)7-3-1-2-4-8(7)23-12/h1-6H. The van der Waals surface area contributed by atoms with Crippen LogP contribution in [0.25, 0.3) is 20.1 Å². The Morgan fingerprint density at radius 2 is 2.08 bits per heavy atom. The molecule has 118 valence electrons. The van der Waals surface area contributed by atoms with Crippen LogP contribution in [0.5, 0.6) is 0 Å².